The number of phenols is 1. The smallest absolute Gasteiger partial charge is 0.163 e. The molecule has 28 heavy (non-hydrogen) atoms. The van der Waals surface area contributed by atoms with Crippen LogP contribution in [0.1, 0.15) is 45.2 Å². The van der Waals surface area contributed by atoms with Crippen LogP contribution in [0.2, 0.25) is 0 Å². The van der Waals surface area contributed by atoms with Crippen LogP contribution in [-0.4, -0.2) is 17.5 Å². The van der Waals surface area contributed by atoms with E-state index in [-0.39, 0.29) is 23.0 Å². The van der Waals surface area contributed by atoms with Gasteiger partial charge in [0.2, 0.25) is 0 Å². The van der Waals surface area contributed by atoms with Crippen LogP contribution in [0.5, 0.6) is 11.5 Å². The highest BCUT2D eigenvalue weighted by Gasteiger charge is 2.38. The lowest BCUT2D eigenvalue weighted by Crippen LogP contribution is -2.31. The monoisotopic (exact) mass is 378 g/mol. The second-order valence-corrected chi connectivity index (χ2v) is 8.24. The molecule has 3 N–H and O–H groups in total. The molecule has 0 saturated carbocycles. The molecule has 5 nitrogen and oxygen atoms in total. The van der Waals surface area contributed by atoms with E-state index in [0.29, 0.717) is 18.8 Å². The number of phenolic OH excluding ortho intramolecular Hbond substituents is 1. The van der Waals surface area contributed by atoms with Gasteiger partial charge >= 0.3 is 0 Å². The molecule has 0 saturated heterocycles. The minimum atomic E-state index is -0.311. The van der Waals surface area contributed by atoms with Gasteiger partial charge in [-0.3, -0.25) is 4.79 Å². The summed E-state index contributed by atoms with van der Waals surface area (Å²) in [5, 5.41) is 17.2. The fourth-order valence-electron chi connectivity index (χ4n) is 4.12. The van der Waals surface area contributed by atoms with Gasteiger partial charge in [-0.1, -0.05) is 32.0 Å². The van der Waals surface area contributed by atoms with E-state index < -0.39 is 0 Å². The number of hydrogen-bond acceptors (Lipinski definition) is 5. The molecule has 1 aliphatic heterocycles. The Morgan fingerprint density at radius 3 is 2.64 bits per heavy atom. The molecule has 0 amide bonds. The van der Waals surface area contributed by atoms with Gasteiger partial charge in [-0.25, -0.2) is 0 Å². The van der Waals surface area contributed by atoms with Gasteiger partial charge in [0.1, 0.15) is 0 Å². The number of ether oxygens (including phenoxy) is 1. The average Bonchev–Trinajstić information content (AvgIpc) is 2.79. The van der Waals surface area contributed by atoms with E-state index in [1.165, 1.54) is 0 Å². The molecular formula is C23H26N2O3. The van der Waals surface area contributed by atoms with E-state index in [0.717, 1.165) is 34.6 Å². The van der Waals surface area contributed by atoms with Crippen molar-refractivity contribution in [3.05, 3.63) is 59.3 Å². The van der Waals surface area contributed by atoms with E-state index in [1.807, 2.05) is 43.3 Å². The molecule has 2 aromatic rings. The molecule has 0 aromatic heterocycles. The molecule has 0 unspecified atom stereocenters. The zero-order valence-electron chi connectivity index (χ0n) is 16.5. The molecule has 5 heteroatoms. The van der Waals surface area contributed by atoms with E-state index >= 15 is 0 Å². The Morgan fingerprint density at radius 2 is 1.89 bits per heavy atom. The minimum Gasteiger partial charge on any atom is -0.504 e. The maximum atomic E-state index is 13.2. The largest absolute Gasteiger partial charge is 0.504 e. The molecule has 0 radical (unpaired) electrons. The van der Waals surface area contributed by atoms with Gasteiger partial charge < -0.3 is 20.5 Å². The summed E-state index contributed by atoms with van der Waals surface area (Å²) in [7, 11) is 0. The van der Waals surface area contributed by atoms with Gasteiger partial charge in [0, 0.05) is 17.7 Å². The Morgan fingerprint density at radius 1 is 1.14 bits per heavy atom. The standard InChI is InChI=1S/C23H26N2O3/c1-4-28-20-11-14(9-10-18(20)26)22-21-17(12-23(2,3)13-19(21)27)24-15-7-5-6-8-16(15)25-22/h5-11,22,24-26H,4,12-13H2,1-3H3/t22-/m1/s1. The van der Waals surface area contributed by atoms with E-state index in [2.05, 4.69) is 24.5 Å². The first-order valence-electron chi connectivity index (χ1n) is 9.72. The van der Waals surface area contributed by atoms with Crippen molar-refractivity contribution in [1.29, 1.82) is 0 Å². The van der Waals surface area contributed by atoms with Crippen molar-refractivity contribution >= 4 is 17.2 Å². The fraction of sp³-hybridized carbons (Fsp3) is 0.348. The van der Waals surface area contributed by atoms with E-state index in [1.54, 1.807) is 6.07 Å². The first kappa shape index (κ1) is 18.4. The number of allylic oxidation sites excluding steroid dienone is 1. The van der Waals surface area contributed by atoms with Crippen molar-refractivity contribution in [2.24, 2.45) is 5.41 Å². The molecule has 0 fully saturated rings. The summed E-state index contributed by atoms with van der Waals surface area (Å²) in [6.45, 7) is 6.59. The van der Waals surface area contributed by atoms with Crippen molar-refractivity contribution in [3.63, 3.8) is 0 Å². The Balaban J connectivity index is 1.86. The van der Waals surface area contributed by atoms with Gasteiger partial charge in [-0.05, 0) is 48.6 Å². The van der Waals surface area contributed by atoms with Crippen molar-refractivity contribution in [3.8, 4) is 11.5 Å². The number of carbonyl (C=O) groups excluding carboxylic acids is 1. The van der Waals surface area contributed by atoms with Gasteiger partial charge in [0.15, 0.2) is 17.3 Å². The van der Waals surface area contributed by atoms with Gasteiger partial charge in [0.05, 0.1) is 24.0 Å². The Kier molecular flexibility index (Phi) is 4.53. The number of aromatic hydroxyl groups is 1. The third-order valence-corrected chi connectivity index (χ3v) is 5.34. The quantitative estimate of drug-likeness (QED) is 0.700. The molecule has 146 valence electrons. The maximum Gasteiger partial charge on any atom is 0.163 e. The topological polar surface area (TPSA) is 70.6 Å². The second-order valence-electron chi connectivity index (χ2n) is 8.24. The molecule has 4 rings (SSSR count). The van der Waals surface area contributed by atoms with Crippen LogP contribution in [0.3, 0.4) is 0 Å². The number of para-hydroxylation sites is 2. The second kappa shape index (κ2) is 6.89. The molecule has 1 atom stereocenters. The summed E-state index contributed by atoms with van der Waals surface area (Å²) in [4.78, 5) is 13.2. The first-order valence-corrected chi connectivity index (χ1v) is 9.72. The van der Waals surface area contributed by atoms with Crippen LogP contribution in [0, 0.1) is 5.41 Å². The molecule has 1 heterocycles. The molecule has 0 spiro atoms. The lowest BCUT2D eigenvalue weighted by molar-refractivity contribution is -0.118. The summed E-state index contributed by atoms with van der Waals surface area (Å²) >= 11 is 0. The first-order chi connectivity index (χ1) is 13.4. The SMILES string of the molecule is CCOc1cc([C@H]2Nc3ccccc3NC3=C2C(=O)CC(C)(C)C3)ccc1O. The van der Waals surface area contributed by atoms with Crippen molar-refractivity contribution in [2.75, 3.05) is 17.2 Å². The highest BCUT2D eigenvalue weighted by molar-refractivity contribution is 6.01. The molecule has 1 aliphatic carbocycles. The summed E-state index contributed by atoms with van der Waals surface area (Å²) in [5.74, 6) is 0.677. The predicted octanol–water partition coefficient (Wildman–Crippen LogP) is 5.01. The number of ketones is 1. The van der Waals surface area contributed by atoms with Crippen LogP contribution in [0.4, 0.5) is 11.4 Å². The van der Waals surface area contributed by atoms with Crippen LogP contribution in [0.25, 0.3) is 0 Å². The zero-order chi connectivity index (χ0) is 19.9. The van der Waals surface area contributed by atoms with E-state index in [9.17, 15) is 9.90 Å². The number of carbonyl (C=O) groups is 1. The highest BCUT2D eigenvalue weighted by atomic mass is 16.5. The van der Waals surface area contributed by atoms with Crippen molar-refractivity contribution in [1.82, 2.24) is 0 Å². The van der Waals surface area contributed by atoms with Crippen LogP contribution < -0.4 is 15.4 Å². The molecule has 0 bridgehead atoms. The molecule has 2 aliphatic rings. The van der Waals surface area contributed by atoms with Gasteiger partial charge in [0.25, 0.3) is 0 Å². The van der Waals surface area contributed by atoms with Crippen molar-refractivity contribution in [2.45, 2.75) is 39.7 Å². The van der Waals surface area contributed by atoms with Crippen LogP contribution in [-0.2, 0) is 4.79 Å². The lowest BCUT2D eigenvalue weighted by Gasteiger charge is -2.34. The predicted molar refractivity (Wildman–Crippen MR) is 111 cm³/mol. The van der Waals surface area contributed by atoms with Gasteiger partial charge in [-0.15, -0.1) is 0 Å². The van der Waals surface area contributed by atoms with Crippen molar-refractivity contribution < 1.29 is 14.6 Å². The summed E-state index contributed by atoms with van der Waals surface area (Å²) in [6, 6.07) is 13.0. The van der Waals surface area contributed by atoms with Crippen LogP contribution in [0.15, 0.2) is 53.7 Å². The number of nitrogens with one attached hydrogen (secondary N) is 2. The Bertz CT molecular complexity index is 962. The number of Topliss-reactive ketones (excluding diaryl/α,β-unsaturated/α-hetero) is 1. The van der Waals surface area contributed by atoms with Gasteiger partial charge in [-0.2, -0.15) is 0 Å². The molecular weight excluding hydrogens is 352 g/mol. The number of rotatable bonds is 3. The summed E-state index contributed by atoms with van der Waals surface area (Å²) < 4.78 is 5.57. The number of fused-ring (bicyclic) bond motifs is 1. The summed E-state index contributed by atoms with van der Waals surface area (Å²) in [5.41, 5.74) is 4.45. The lowest BCUT2D eigenvalue weighted by atomic mass is 9.73. The Hall–Kier alpha value is -2.95. The third kappa shape index (κ3) is 3.33. The average molecular weight is 378 g/mol. The number of anilines is 2. The highest BCUT2D eigenvalue weighted by Crippen LogP contribution is 2.46. The maximum absolute atomic E-state index is 13.2. The molecule has 2 aromatic carbocycles. The third-order valence-electron chi connectivity index (χ3n) is 5.34. The summed E-state index contributed by atoms with van der Waals surface area (Å²) in [6.07, 6.45) is 1.31. The Labute approximate surface area is 165 Å². The normalized spacial score (nSPS) is 20.4. The van der Waals surface area contributed by atoms with E-state index in [4.69, 9.17) is 4.74 Å². The number of hydrogen-bond donors (Lipinski definition) is 3. The zero-order valence-corrected chi connectivity index (χ0v) is 16.5. The fourth-order valence-corrected chi connectivity index (χ4v) is 4.12. The minimum absolute atomic E-state index is 0.0851. The van der Waals surface area contributed by atoms with Crippen LogP contribution >= 0.6 is 0 Å². The number of benzene rings is 2.